The van der Waals surface area contributed by atoms with Gasteiger partial charge in [-0.25, -0.2) is 4.79 Å². The highest BCUT2D eigenvalue weighted by Crippen LogP contribution is 2.44. The molecule has 438 valence electrons. The van der Waals surface area contributed by atoms with Crippen LogP contribution in [0.4, 0.5) is 0 Å². The lowest BCUT2D eigenvalue weighted by atomic mass is 9.75. The fourth-order valence-corrected chi connectivity index (χ4v) is 11.9. The average Bonchev–Trinajstić information content (AvgIpc) is 3.66. The number of unbranched alkanes of at least 4 members (excludes halogenated alkanes) is 30. The lowest BCUT2D eigenvalue weighted by Crippen LogP contribution is -2.58. The Labute approximate surface area is 478 Å². The van der Waals surface area contributed by atoms with Crippen LogP contribution in [0.5, 0.6) is 0 Å². The molecule has 1 amide bonds. The molecule has 3 aromatic carbocycles. The average molecular weight is 1090 g/mol. The number of hydrogen-bond acceptors (Lipinski definition) is 7. The van der Waals surface area contributed by atoms with Crippen molar-refractivity contribution >= 4 is 11.9 Å². The van der Waals surface area contributed by atoms with Crippen LogP contribution in [0.15, 0.2) is 107 Å². The molecule has 1 aliphatic rings. The van der Waals surface area contributed by atoms with Gasteiger partial charge in [0.2, 0.25) is 5.91 Å². The first-order valence-electron chi connectivity index (χ1n) is 32.1. The van der Waals surface area contributed by atoms with Gasteiger partial charge in [-0.05, 0) is 36.5 Å². The lowest BCUT2D eigenvalue weighted by molar-refractivity contribution is -0.170. The number of ether oxygens (including phenoxy) is 2. The summed E-state index contributed by atoms with van der Waals surface area (Å²) in [7, 11) is 0. The molecular formula is C69H106N4O6. The molecule has 1 N–H and O–H groups in total. The van der Waals surface area contributed by atoms with Crippen molar-refractivity contribution in [1.82, 2.24) is 19.4 Å². The molecule has 4 aromatic rings. The van der Waals surface area contributed by atoms with Gasteiger partial charge in [-0.15, -0.1) is 0 Å². The van der Waals surface area contributed by atoms with Gasteiger partial charge in [-0.1, -0.05) is 297 Å². The Balaban J connectivity index is 1.15. The molecule has 1 fully saturated rings. The molecule has 2 atom stereocenters. The van der Waals surface area contributed by atoms with Crippen LogP contribution in [0, 0.1) is 6.92 Å². The molecule has 5 rings (SSSR count). The number of aromatic nitrogens is 2. The molecule has 1 aromatic heterocycles. The van der Waals surface area contributed by atoms with Crippen LogP contribution in [0.25, 0.3) is 0 Å². The summed E-state index contributed by atoms with van der Waals surface area (Å²) in [4.78, 5) is 60.6. The van der Waals surface area contributed by atoms with Crippen molar-refractivity contribution < 1.29 is 19.1 Å². The van der Waals surface area contributed by atoms with Gasteiger partial charge in [0.05, 0.1) is 12.0 Å². The van der Waals surface area contributed by atoms with Crippen molar-refractivity contribution in [3.05, 3.63) is 140 Å². The second-order valence-electron chi connectivity index (χ2n) is 23.1. The van der Waals surface area contributed by atoms with Crippen LogP contribution >= 0.6 is 0 Å². The van der Waals surface area contributed by atoms with Crippen molar-refractivity contribution in [2.45, 2.75) is 257 Å². The van der Waals surface area contributed by atoms with Crippen LogP contribution in [-0.4, -0.2) is 70.1 Å². The van der Waals surface area contributed by atoms with Crippen molar-refractivity contribution in [2.24, 2.45) is 0 Å². The molecule has 0 spiro atoms. The molecule has 2 heterocycles. The Morgan fingerprint density at radius 3 is 1.28 bits per heavy atom. The highest BCUT2D eigenvalue weighted by atomic mass is 16.6. The van der Waals surface area contributed by atoms with Gasteiger partial charge in [-0.3, -0.25) is 28.8 Å². The summed E-state index contributed by atoms with van der Waals surface area (Å²) < 4.78 is 14.2. The summed E-state index contributed by atoms with van der Waals surface area (Å²) in [5.41, 5.74) is 1.58. The number of esters is 1. The smallest absolute Gasteiger partial charge is 0.330 e. The number of amides is 1. The molecule has 1 aliphatic heterocycles. The second-order valence-corrected chi connectivity index (χ2v) is 23.1. The van der Waals surface area contributed by atoms with Crippen LogP contribution < -0.4 is 11.2 Å². The highest BCUT2D eigenvalue weighted by molar-refractivity contribution is 5.81. The summed E-state index contributed by atoms with van der Waals surface area (Å²) in [6.07, 6.45) is 42.1. The molecule has 0 saturated carbocycles. The van der Waals surface area contributed by atoms with Crippen molar-refractivity contribution in [3.63, 3.8) is 0 Å². The monoisotopic (exact) mass is 1090 g/mol. The Morgan fingerprint density at radius 2 is 0.899 bits per heavy atom. The van der Waals surface area contributed by atoms with Gasteiger partial charge in [0.25, 0.3) is 5.56 Å². The maximum atomic E-state index is 14.0. The molecule has 0 radical (unpaired) electrons. The summed E-state index contributed by atoms with van der Waals surface area (Å²) >= 11 is 0. The topological polar surface area (TPSA) is 114 Å². The van der Waals surface area contributed by atoms with E-state index < -0.39 is 35.1 Å². The van der Waals surface area contributed by atoms with E-state index >= 15 is 0 Å². The van der Waals surface area contributed by atoms with E-state index in [4.69, 9.17) is 9.47 Å². The largest absolute Gasteiger partial charge is 0.463 e. The number of aryl methyl sites for hydroxylation is 1. The SMILES string of the molecule is CCCCCCCCCCCCCCCCCCN(CCCCCCCCCCCCCCCCCC)C(=O)CCC(=O)OC[C@@H]1CN(C(c2ccccc2)(c2ccccc2)c2ccccc2)C[C@H](n2cc(C)c(=O)[nH]c2=O)O1. The van der Waals surface area contributed by atoms with E-state index in [1.54, 1.807) is 13.1 Å². The van der Waals surface area contributed by atoms with E-state index in [0.717, 1.165) is 55.5 Å². The molecule has 0 unspecified atom stereocenters. The number of morpholine rings is 1. The van der Waals surface area contributed by atoms with Crippen LogP contribution in [0.1, 0.15) is 261 Å². The minimum absolute atomic E-state index is 0.0187. The van der Waals surface area contributed by atoms with E-state index in [1.807, 2.05) is 59.5 Å². The van der Waals surface area contributed by atoms with Gasteiger partial charge in [0, 0.05) is 44.4 Å². The maximum Gasteiger partial charge on any atom is 0.330 e. The minimum Gasteiger partial charge on any atom is -0.463 e. The summed E-state index contributed by atoms with van der Waals surface area (Å²) in [5.74, 6) is -0.432. The van der Waals surface area contributed by atoms with Gasteiger partial charge in [0.1, 0.15) is 12.7 Å². The normalized spacial score (nSPS) is 14.9. The first-order chi connectivity index (χ1) is 38.8. The predicted molar refractivity (Wildman–Crippen MR) is 327 cm³/mol. The summed E-state index contributed by atoms with van der Waals surface area (Å²) in [5, 5.41) is 0. The number of nitrogens with one attached hydrogen (secondary N) is 1. The van der Waals surface area contributed by atoms with Crippen LogP contribution in [-0.2, 0) is 24.6 Å². The number of benzene rings is 3. The zero-order valence-corrected chi connectivity index (χ0v) is 49.8. The minimum atomic E-state index is -0.844. The third kappa shape index (κ3) is 23.7. The van der Waals surface area contributed by atoms with E-state index in [-0.39, 0.29) is 31.9 Å². The molecule has 0 bridgehead atoms. The van der Waals surface area contributed by atoms with Crippen LogP contribution in [0.2, 0.25) is 0 Å². The molecule has 10 heteroatoms. The fraction of sp³-hybridized carbons (Fsp3) is 0.652. The number of carbonyl (C=O) groups excluding carboxylic acids is 2. The van der Waals surface area contributed by atoms with Gasteiger partial charge >= 0.3 is 11.7 Å². The second kappa shape index (κ2) is 39.6. The number of nitrogens with zero attached hydrogens (tertiary/aromatic N) is 3. The lowest BCUT2D eigenvalue weighted by Gasteiger charge is -2.50. The van der Waals surface area contributed by atoms with Crippen molar-refractivity contribution in [3.8, 4) is 0 Å². The Hall–Kier alpha value is -4.80. The first-order valence-corrected chi connectivity index (χ1v) is 32.1. The Morgan fingerprint density at radius 1 is 0.532 bits per heavy atom. The fourth-order valence-electron chi connectivity index (χ4n) is 11.9. The van der Waals surface area contributed by atoms with Crippen molar-refractivity contribution in [1.29, 1.82) is 0 Å². The zero-order chi connectivity index (χ0) is 56.0. The molecule has 79 heavy (non-hydrogen) atoms. The third-order valence-electron chi connectivity index (χ3n) is 16.5. The van der Waals surface area contributed by atoms with Gasteiger partial charge in [0.15, 0.2) is 6.23 Å². The number of rotatable bonds is 44. The highest BCUT2D eigenvalue weighted by Gasteiger charge is 2.46. The first kappa shape index (κ1) is 65.0. The standard InChI is InChI=1S/C69H106N4O6/c1-4-6-8-10-12-14-16-18-20-22-24-26-28-30-32-43-53-71(54-44-33-31-29-27-25-23-21-19-17-15-13-11-9-7-5-2)64(74)51-52-66(75)78-58-63-56-72(57-65(79-63)73-55-59(3)67(76)70-68(73)77)69(60-45-37-34-38-46-60,61-47-39-35-40-48-61)62-49-41-36-42-50-62/h34-42,45-50,55,63,65H,4-33,43-44,51-54,56-58H2,1-3H3,(H,70,76,77)/t63-,65+/m0/s1. The Kier molecular flexibility index (Phi) is 32.6. The van der Waals surface area contributed by atoms with Gasteiger partial charge in [-0.2, -0.15) is 0 Å². The van der Waals surface area contributed by atoms with E-state index in [0.29, 0.717) is 12.1 Å². The zero-order valence-electron chi connectivity index (χ0n) is 49.8. The maximum absolute atomic E-state index is 14.0. The predicted octanol–water partition coefficient (Wildman–Crippen LogP) is 16.7. The van der Waals surface area contributed by atoms with E-state index in [1.165, 1.54) is 184 Å². The van der Waals surface area contributed by atoms with Gasteiger partial charge < -0.3 is 14.4 Å². The number of aromatic amines is 1. The van der Waals surface area contributed by atoms with E-state index in [2.05, 4.69) is 60.1 Å². The third-order valence-corrected chi connectivity index (χ3v) is 16.5. The molecule has 1 saturated heterocycles. The number of carbonyl (C=O) groups is 2. The summed E-state index contributed by atoms with van der Waals surface area (Å²) in [6.45, 7) is 8.25. The summed E-state index contributed by atoms with van der Waals surface area (Å²) in [6, 6.07) is 31.0. The molecule has 10 nitrogen and oxygen atoms in total. The van der Waals surface area contributed by atoms with Crippen LogP contribution in [0.3, 0.4) is 0 Å². The molecular weight excluding hydrogens is 981 g/mol. The molecule has 0 aliphatic carbocycles. The quantitative estimate of drug-likeness (QED) is 0.0267. The number of H-pyrrole nitrogens is 1. The number of hydrogen-bond donors (Lipinski definition) is 1. The van der Waals surface area contributed by atoms with Crippen molar-refractivity contribution in [2.75, 3.05) is 32.8 Å². The van der Waals surface area contributed by atoms with E-state index in [9.17, 15) is 19.2 Å². The Bertz CT molecular complexity index is 2190.